The van der Waals surface area contributed by atoms with Crippen molar-refractivity contribution in [2.24, 2.45) is 0 Å². The lowest BCUT2D eigenvalue weighted by molar-refractivity contribution is -0.152. The maximum atomic E-state index is 12.6. The van der Waals surface area contributed by atoms with E-state index in [-0.39, 0.29) is 11.8 Å². The second-order valence-electron chi connectivity index (χ2n) is 6.76. The predicted molar refractivity (Wildman–Crippen MR) is 102 cm³/mol. The lowest BCUT2D eigenvalue weighted by Gasteiger charge is -2.36. The molecule has 0 radical (unpaired) electrons. The molecule has 0 bridgehead atoms. The third-order valence-electron chi connectivity index (χ3n) is 4.68. The Labute approximate surface area is 151 Å². The summed E-state index contributed by atoms with van der Waals surface area (Å²) in [4.78, 5) is 30.9. The first-order valence-electron chi connectivity index (χ1n) is 9.46. The van der Waals surface area contributed by atoms with Crippen LogP contribution in [0, 0.1) is 6.92 Å². The molecule has 0 aliphatic carbocycles. The number of rotatable bonds is 6. The van der Waals surface area contributed by atoms with Crippen molar-refractivity contribution in [3.05, 3.63) is 29.8 Å². The van der Waals surface area contributed by atoms with E-state index in [1.54, 1.807) is 9.80 Å². The lowest BCUT2D eigenvalue weighted by Crippen LogP contribution is -2.53. The second-order valence-corrected chi connectivity index (χ2v) is 6.76. The third-order valence-corrected chi connectivity index (χ3v) is 4.68. The van der Waals surface area contributed by atoms with Gasteiger partial charge in [0.25, 0.3) is 0 Å². The van der Waals surface area contributed by atoms with Gasteiger partial charge in [-0.1, -0.05) is 32.4 Å². The minimum atomic E-state index is -0.339. The summed E-state index contributed by atoms with van der Waals surface area (Å²) in [6.45, 7) is 10.3. The number of unbranched alkanes of at least 4 members (excludes halogenated alkanes) is 1. The number of benzene rings is 1. The van der Waals surface area contributed by atoms with Crippen LogP contribution in [0.25, 0.3) is 0 Å². The summed E-state index contributed by atoms with van der Waals surface area (Å²) >= 11 is 0. The fourth-order valence-electron chi connectivity index (χ4n) is 3.20. The lowest BCUT2D eigenvalue weighted by atomic mass is 10.2. The van der Waals surface area contributed by atoms with E-state index in [1.165, 1.54) is 11.3 Å². The Bertz CT molecular complexity index is 580. The van der Waals surface area contributed by atoms with Gasteiger partial charge in [-0.05, 0) is 37.5 Å². The monoisotopic (exact) mass is 345 g/mol. The van der Waals surface area contributed by atoms with Crippen molar-refractivity contribution in [2.45, 2.75) is 40.0 Å². The number of anilines is 1. The van der Waals surface area contributed by atoms with Gasteiger partial charge >= 0.3 is 11.8 Å². The van der Waals surface area contributed by atoms with Gasteiger partial charge in [0.2, 0.25) is 0 Å². The van der Waals surface area contributed by atoms with Gasteiger partial charge < -0.3 is 14.7 Å². The summed E-state index contributed by atoms with van der Waals surface area (Å²) in [6.07, 6.45) is 2.85. The first-order chi connectivity index (χ1) is 12.1. The fraction of sp³-hybridized carbons (Fsp3) is 0.600. The number of carbonyl (C=O) groups excluding carboxylic acids is 2. The summed E-state index contributed by atoms with van der Waals surface area (Å²) < 4.78 is 0. The molecule has 1 aliphatic rings. The number of piperazine rings is 1. The minimum absolute atomic E-state index is 0.334. The average molecular weight is 345 g/mol. The highest BCUT2D eigenvalue weighted by molar-refractivity contribution is 6.34. The van der Waals surface area contributed by atoms with E-state index in [9.17, 15) is 9.59 Å². The zero-order valence-corrected chi connectivity index (χ0v) is 15.8. The Morgan fingerprint density at radius 3 is 2.36 bits per heavy atom. The molecule has 2 amide bonds. The first kappa shape index (κ1) is 19.3. The van der Waals surface area contributed by atoms with Gasteiger partial charge in [0.15, 0.2) is 0 Å². The highest BCUT2D eigenvalue weighted by Crippen LogP contribution is 2.18. The van der Waals surface area contributed by atoms with Gasteiger partial charge in [0.1, 0.15) is 0 Å². The van der Waals surface area contributed by atoms with Crippen molar-refractivity contribution in [1.82, 2.24) is 9.80 Å². The normalized spacial score (nSPS) is 14.5. The molecule has 1 fully saturated rings. The molecular formula is C20H31N3O2. The highest BCUT2D eigenvalue weighted by Gasteiger charge is 2.29. The van der Waals surface area contributed by atoms with Crippen molar-refractivity contribution in [3.63, 3.8) is 0 Å². The largest absolute Gasteiger partial charge is 0.368 e. The number of amides is 2. The maximum absolute atomic E-state index is 12.6. The van der Waals surface area contributed by atoms with Gasteiger partial charge in [-0.25, -0.2) is 0 Å². The van der Waals surface area contributed by atoms with Gasteiger partial charge in [-0.15, -0.1) is 0 Å². The van der Waals surface area contributed by atoms with Gasteiger partial charge in [0, 0.05) is 45.0 Å². The molecule has 2 rings (SSSR count). The number of nitrogens with zero attached hydrogens (tertiary/aromatic N) is 3. The molecule has 0 saturated carbocycles. The molecule has 0 N–H and O–H groups in total. The molecule has 0 atom stereocenters. The summed E-state index contributed by atoms with van der Waals surface area (Å²) in [5.74, 6) is -0.673. The van der Waals surface area contributed by atoms with Gasteiger partial charge in [-0.2, -0.15) is 0 Å². The van der Waals surface area contributed by atoms with Crippen molar-refractivity contribution in [2.75, 3.05) is 44.2 Å². The molecule has 1 heterocycles. The molecule has 138 valence electrons. The van der Waals surface area contributed by atoms with Crippen molar-refractivity contribution in [3.8, 4) is 0 Å². The Hall–Kier alpha value is -2.04. The molecule has 25 heavy (non-hydrogen) atoms. The van der Waals surface area contributed by atoms with Crippen LogP contribution in [0.3, 0.4) is 0 Å². The maximum Gasteiger partial charge on any atom is 0.312 e. The van der Waals surface area contributed by atoms with Crippen LogP contribution in [0.5, 0.6) is 0 Å². The average Bonchev–Trinajstić information content (AvgIpc) is 2.64. The van der Waals surface area contributed by atoms with Crippen LogP contribution in [-0.2, 0) is 9.59 Å². The van der Waals surface area contributed by atoms with E-state index < -0.39 is 0 Å². The molecule has 1 saturated heterocycles. The summed E-state index contributed by atoms with van der Waals surface area (Å²) in [7, 11) is 0. The van der Waals surface area contributed by atoms with E-state index in [0.29, 0.717) is 26.2 Å². The standard InChI is InChI=1S/C20H31N3O2/c1-4-6-11-22(10-5-2)19(24)20(25)23-14-12-21(13-15-23)18-9-7-8-17(3)16-18/h7-9,16H,4-6,10-15H2,1-3H3. The van der Waals surface area contributed by atoms with Crippen molar-refractivity contribution < 1.29 is 9.59 Å². The first-order valence-corrected chi connectivity index (χ1v) is 9.46. The van der Waals surface area contributed by atoms with Crippen molar-refractivity contribution in [1.29, 1.82) is 0 Å². The molecule has 0 unspecified atom stereocenters. The number of hydrogen-bond acceptors (Lipinski definition) is 3. The predicted octanol–water partition coefficient (Wildman–Crippen LogP) is 2.68. The molecule has 1 aromatic carbocycles. The Kier molecular flexibility index (Phi) is 7.29. The summed E-state index contributed by atoms with van der Waals surface area (Å²) in [5.41, 5.74) is 2.42. The van der Waals surface area contributed by atoms with E-state index in [0.717, 1.165) is 32.4 Å². The van der Waals surface area contributed by atoms with Crippen molar-refractivity contribution >= 4 is 17.5 Å². The zero-order valence-electron chi connectivity index (χ0n) is 15.8. The van der Waals surface area contributed by atoms with Crippen LogP contribution in [0.2, 0.25) is 0 Å². The molecule has 5 nitrogen and oxygen atoms in total. The van der Waals surface area contributed by atoms with Crippen LogP contribution >= 0.6 is 0 Å². The van der Waals surface area contributed by atoms with Crippen LogP contribution in [0.1, 0.15) is 38.7 Å². The molecule has 0 aromatic heterocycles. The number of aryl methyl sites for hydroxylation is 1. The van der Waals surface area contributed by atoms with Crippen LogP contribution in [0.15, 0.2) is 24.3 Å². The smallest absolute Gasteiger partial charge is 0.312 e. The zero-order chi connectivity index (χ0) is 18.2. The summed E-state index contributed by atoms with van der Waals surface area (Å²) in [6, 6.07) is 8.41. The molecule has 0 spiro atoms. The van der Waals surface area contributed by atoms with Gasteiger partial charge in [-0.3, -0.25) is 9.59 Å². The molecule has 1 aromatic rings. The Balaban J connectivity index is 1.92. The fourth-order valence-corrected chi connectivity index (χ4v) is 3.20. The summed E-state index contributed by atoms with van der Waals surface area (Å²) in [5, 5.41) is 0. The topological polar surface area (TPSA) is 43.9 Å². The second kappa shape index (κ2) is 9.44. The Morgan fingerprint density at radius 2 is 1.76 bits per heavy atom. The molecule has 5 heteroatoms. The minimum Gasteiger partial charge on any atom is -0.368 e. The SMILES string of the molecule is CCCCN(CCC)C(=O)C(=O)N1CCN(c2cccc(C)c2)CC1. The molecular weight excluding hydrogens is 314 g/mol. The van der Waals surface area contributed by atoms with Gasteiger partial charge in [0.05, 0.1) is 0 Å². The molecule has 1 aliphatic heterocycles. The van der Waals surface area contributed by atoms with E-state index in [1.807, 2.05) is 6.92 Å². The quantitative estimate of drug-likeness (QED) is 0.745. The third kappa shape index (κ3) is 5.21. The van der Waals surface area contributed by atoms with Crippen LogP contribution in [-0.4, -0.2) is 60.9 Å². The van der Waals surface area contributed by atoms with E-state index >= 15 is 0 Å². The van der Waals surface area contributed by atoms with E-state index in [4.69, 9.17) is 0 Å². The number of carbonyl (C=O) groups is 2. The number of hydrogen-bond donors (Lipinski definition) is 0. The van der Waals surface area contributed by atoms with Crippen LogP contribution < -0.4 is 4.90 Å². The van der Waals surface area contributed by atoms with Crippen LogP contribution in [0.4, 0.5) is 5.69 Å². The van der Waals surface area contributed by atoms with E-state index in [2.05, 4.69) is 43.0 Å². The Morgan fingerprint density at radius 1 is 1.04 bits per heavy atom. The highest BCUT2D eigenvalue weighted by atomic mass is 16.2.